The van der Waals surface area contributed by atoms with Crippen molar-refractivity contribution in [1.82, 2.24) is 25.3 Å². The van der Waals surface area contributed by atoms with E-state index < -0.39 is 0 Å². The molecule has 1 N–H and O–H groups in total. The van der Waals surface area contributed by atoms with Crippen LogP contribution in [-0.2, 0) is 6.42 Å². The van der Waals surface area contributed by atoms with E-state index in [1.807, 2.05) is 6.07 Å². The molecule has 7 heteroatoms. The number of rotatable bonds is 3. The molecule has 0 bridgehead atoms. The van der Waals surface area contributed by atoms with Gasteiger partial charge in [0.25, 0.3) is 5.89 Å². The van der Waals surface area contributed by atoms with Crippen molar-refractivity contribution in [3.05, 3.63) is 23.3 Å². The number of aryl methyl sites for hydroxylation is 1. The molecule has 3 heterocycles. The van der Waals surface area contributed by atoms with Crippen molar-refractivity contribution in [2.45, 2.75) is 13.3 Å². The minimum atomic E-state index is 0.420. The van der Waals surface area contributed by atoms with Gasteiger partial charge in [-0.05, 0) is 18.6 Å². The van der Waals surface area contributed by atoms with E-state index in [0.29, 0.717) is 17.5 Å². The molecule has 86 valence electrons. The Hall–Kier alpha value is -2.02. The van der Waals surface area contributed by atoms with Gasteiger partial charge in [-0.3, -0.25) is 5.10 Å². The fraction of sp³-hybridized carbons (Fsp3) is 0.200. The Kier molecular flexibility index (Phi) is 2.45. The number of nitrogens with zero attached hydrogens (tertiary/aromatic N) is 4. The summed E-state index contributed by atoms with van der Waals surface area (Å²) >= 11 is 1.65. The van der Waals surface area contributed by atoms with Crippen LogP contribution < -0.4 is 0 Å². The molecule has 0 amide bonds. The van der Waals surface area contributed by atoms with Crippen molar-refractivity contribution < 1.29 is 4.52 Å². The van der Waals surface area contributed by atoms with Crippen LogP contribution in [0, 0.1) is 0 Å². The van der Waals surface area contributed by atoms with E-state index in [4.69, 9.17) is 4.52 Å². The Morgan fingerprint density at radius 2 is 2.35 bits per heavy atom. The fourth-order valence-electron chi connectivity index (χ4n) is 1.42. The Bertz CT molecular complexity index is 612. The largest absolute Gasteiger partial charge is 0.333 e. The number of H-pyrrole nitrogens is 1. The lowest BCUT2D eigenvalue weighted by Gasteiger charge is -1.85. The van der Waals surface area contributed by atoms with Crippen LogP contribution in [-0.4, -0.2) is 25.3 Å². The molecule has 3 aromatic heterocycles. The zero-order valence-corrected chi connectivity index (χ0v) is 9.86. The summed E-state index contributed by atoms with van der Waals surface area (Å²) in [7, 11) is 0. The molecule has 0 radical (unpaired) electrons. The summed E-state index contributed by atoms with van der Waals surface area (Å²) in [5, 5.41) is 10.3. The van der Waals surface area contributed by atoms with Crippen LogP contribution in [0.15, 0.2) is 23.0 Å². The molecule has 0 aromatic carbocycles. The normalized spacial score (nSPS) is 10.9. The zero-order valence-electron chi connectivity index (χ0n) is 9.04. The minimum absolute atomic E-state index is 0.420. The molecule has 0 fully saturated rings. The predicted molar refractivity (Wildman–Crippen MR) is 62.4 cm³/mol. The molecule has 17 heavy (non-hydrogen) atoms. The SMILES string of the molecule is CCc1ccc(-c2nc(-c3ncn[nH]3)no2)s1. The highest BCUT2D eigenvalue weighted by Gasteiger charge is 2.13. The molecule has 0 aliphatic heterocycles. The molecule has 0 aliphatic rings. The number of nitrogens with one attached hydrogen (secondary N) is 1. The highest BCUT2D eigenvalue weighted by molar-refractivity contribution is 7.15. The third-order valence-electron chi connectivity index (χ3n) is 2.27. The molecular weight excluding hydrogens is 238 g/mol. The lowest BCUT2D eigenvalue weighted by Crippen LogP contribution is -1.82. The van der Waals surface area contributed by atoms with Gasteiger partial charge in [0.15, 0.2) is 5.82 Å². The Balaban J connectivity index is 1.94. The van der Waals surface area contributed by atoms with Crippen LogP contribution in [0.3, 0.4) is 0 Å². The number of hydrogen-bond acceptors (Lipinski definition) is 6. The van der Waals surface area contributed by atoms with E-state index in [0.717, 1.165) is 11.3 Å². The van der Waals surface area contributed by atoms with E-state index in [-0.39, 0.29) is 0 Å². The van der Waals surface area contributed by atoms with Crippen molar-refractivity contribution >= 4 is 11.3 Å². The van der Waals surface area contributed by atoms with Crippen LogP contribution in [0.25, 0.3) is 22.4 Å². The highest BCUT2D eigenvalue weighted by atomic mass is 32.1. The molecule has 0 saturated heterocycles. The quantitative estimate of drug-likeness (QED) is 0.767. The molecule has 0 aliphatic carbocycles. The lowest BCUT2D eigenvalue weighted by molar-refractivity contribution is 0.433. The fourth-order valence-corrected chi connectivity index (χ4v) is 2.29. The average Bonchev–Trinajstić information content (AvgIpc) is 3.09. The number of thiophene rings is 1. The van der Waals surface area contributed by atoms with Gasteiger partial charge in [0, 0.05) is 4.88 Å². The first-order valence-corrected chi connectivity index (χ1v) is 5.97. The van der Waals surface area contributed by atoms with E-state index in [9.17, 15) is 0 Å². The molecule has 0 saturated carbocycles. The maximum Gasteiger partial charge on any atom is 0.268 e. The Labute approximate surface area is 101 Å². The summed E-state index contributed by atoms with van der Waals surface area (Å²) < 4.78 is 5.19. The first kappa shape index (κ1) is 10.2. The van der Waals surface area contributed by atoms with Crippen LogP contribution in [0.2, 0.25) is 0 Å². The van der Waals surface area contributed by atoms with E-state index >= 15 is 0 Å². The number of aromatic amines is 1. The maximum atomic E-state index is 5.19. The second-order valence-corrected chi connectivity index (χ2v) is 4.55. The van der Waals surface area contributed by atoms with E-state index in [1.54, 1.807) is 11.3 Å². The van der Waals surface area contributed by atoms with E-state index in [1.165, 1.54) is 11.2 Å². The molecule has 0 unspecified atom stereocenters. The van der Waals surface area contributed by atoms with Gasteiger partial charge in [-0.15, -0.1) is 11.3 Å². The topological polar surface area (TPSA) is 80.5 Å². The molecule has 3 rings (SSSR count). The molecular formula is C10H9N5OS. The van der Waals surface area contributed by atoms with Crippen molar-refractivity contribution in [1.29, 1.82) is 0 Å². The summed E-state index contributed by atoms with van der Waals surface area (Å²) in [4.78, 5) is 10.5. The van der Waals surface area contributed by atoms with Crippen LogP contribution in [0.4, 0.5) is 0 Å². The third kappa shape index (κ3) is 1.84. The van der Waals surface area contributed by atoms with Gasteiger partial charge in [0.2, 0.25) is 5.82 Å². The molecule has 0 atom stereocenters. The first-order valence-electron chi connectivity index (χ1n) is 5.15. The van der Waals surface area contributed by atoms with E-state index in [2.05, 4.69) is 38.3 Å². The second-order valence-electron chi connectivity index (χ2n) is 3.38. The number of aromatic nitrogens is 5. The van der Waals surface area contributed by atoms with Gasteiger partial charge < -0.3 is 4.52 Å². The Morgan fingerprint density at radius 1 is 1.41 bits per heavy atom. The van der Waals surface area contributed by atoms with Crippen molar-refractivity contribution in [2.24, 2.45) is 0 Å². The van der Waals surface area contributed by atoms with Crippen molar-refractivity contribution in [2.75, 3.05) is 0 Å². The lowest BCUT2D eigenvalue weighted by atomic mass is 10.4. The van der Waals surface area contributed by atoms with Crippen LogP contribution in [0.5, 0.6) is 0 Å². The summed E-state index contributed by atoms with van der Waals surface area (Å²) in [6, 6.07) is 4.06. The standard InChI is InChI=1S/C10H9N5OS/c1-2-6-3-4-7(17-6)10-13-9(15-16-10)8-11-5-12-14-8/h3-5H,2H2,1H3,(H,11,12,14). The van der Waals surface area contributed by atoms with Crippen molar-refractivity contribution in [3.63, 3.8) is 0 Å². The number of hydrogen-bond donors (Lipinski definition) is 1. The van der Waals surface area contributed by atoms with Gasteiger partial charge in [-0.1, -0.05) is 12.1 Å². The van der Waals surface area contributed by atoms with Gasteiger partial charge in [-0.2, -0.15) is 10.1 Å². The minimum Gasteiger partial charge on any atom is -0.333 e. The van der Waals surface area contributed by atoms with Gasteiger partial charge >= 0.3 is 0 Å². The Morgan fingerprint density at radius 3 is 3.06 bits per heavy atom. The maximum absolute atomic E-state index is 5.19. The second kappa shape index (κ2) is 4.10. The van der Waals surface area contributed by atoms with Gasteiger partial charge in [0.1, 0.15) is 6.33 Å². The third-order valence-corrected chi connectivity index (χ3v) is 3.49. The average molecular weight is 247 g/mol. The monoisotopic (exact) mass is 247 g/mol. The van der Waals surface area contributed by atoms with Crippen LogP contribution in [0.1, 0.15) is 11.8 Å². The molecule has 3 aromatic rings. The summed E-state index contributed by atoms with van der Waals surface area (Å²) in [6.07, 6.45) is 2.42. The van der Waals surface area contributed by atoms with Crippen LogP contribution >= 0.6 is 11.3 Å². The molecule has 0 spiro atoms. The molecule has 6 nitrogen and oxygen atoms in total. The van der Waals surface area contributed by atoms with Gasteiger partial charge in [-0.25, -0.2) is 4.98 Å². The summed E-state index contributed by atoms with van der Waals surface area (Å²) in [5.74, 6) is 1.44. The smallest absolute Gasteiger partial charge is 0.268 e. The van der Waals surface area contributed by atoms with Gasteiger partial charge in [0.05, 0.1) is 4.88 Å². The zero-order chi connectivity index (χ0) is 11.7. The predicted octanol–water partition coefficient (Wildman–Crippen LogP) is 2.15. The highest BCUT2D eigenvalue weighted by Crippen LogP contribution is 2.27. The summed E-state index contributed by atoms with van der Waals surface area (Å²) in [6.45, 7) is 2.11. The summed E-state index contributed by atoms with van der Waals surface area (Å²) in [5.41, 5.74) is 0. The van der Waals surface area contributed by atoms with Crippen molar-refractivity contribution in [3.8, 4) is 22.4 Å². The first-order chi connectivity index (χ1) is 8.36.